The van der Waals surface area contributed by atoms with E-state index in [1.807, 2.05) is 35.9 Å². The number of hydrogen-bond acceptors (Lipinski definition) is 6. The standard InChI is InChI=1S/C17H25N5O.2C2HF3O2/c1-20-7-14(5-18-20)8-22-9-15(12-23-11-13-3-4-13)16-6-19-21(2)17(16)10-22;2*3-2(4,5)1(6)7/h5-7,13,15H,3-4,8-12H2,1-2H3;2*(H,6,7). The Morgan fingerprint density at radius 3 is 2.03 bits per heavy atom. The van der Waals surface area contributed by atoms with Gasteiger partial charge in [-0.2, -0.15) is 36.5 Å². The molecule has 0 amide bonds. The zero-order valence-electron chi connectivity index (χ0n) is 20.0. The number of nitrogens with zero attached hydrogens (tertiary/aromatic N) is 5. The highest BCUT2D eigenvalue weighted by Crippen LogP contribution is 2.32. The number of fused-ring (bicyclic) bond motifs is 1. The summed E-state index contributed by atoms with van der Waals surface area (Å²) in [5, 5.41) is 23.0. The number of halogens is 6. The van der Waals surface area contributed by atoms with Crippen molar-refractivity contribution < 1.29 is 50.9 Å². The Morgan fingerprint density at radius 2 is 1.57 bits per heavy atom. The predicted molar refractivity (Wildman–Crippen MR) is 114 cm³/mol. The fourth-order valence-electron chi connectivity index (χ4n) is 3.44. The first-order chi connectivity index (χ1) is 17.1. The third-order valence-corrected chi connectivity index (χ3v) is 5.40. The summed E-state index contributed by atoms with van der Waals surface area (Å²) in [7, 11) is 4.00. The van der Waals surface area contributed by atoms with Crippen LogP contribution in [0.25, 0.3) is 0 Å². The van der Waals surface area contributed by atoms with E-state index in [0.717, 1.165) is 38.8 Å². The summed E-state index contributed by atoms with van der Waals surface area (Å²) in [5.41, 5.74) is 3.95. The van der Waals surface area contributed by atoms with Gasteiger partial charge < -0.3 is 14.9 Å². The number of aryl methyl sites for hydroxylation is 2. The van der Waals surface area contributed by atoms with Gasteiger partial charge in [-0.05, 0) is 18.8 Å². The van der Waals surface area contributed by atoms with Crippen LogP contribution in [-0.2, 0) is 41.5 Å². The summed E-state index contributed by atoms with van der Waals surface area (Å²) in [6, 6.07) is 0. The van der Waals surface area contributed by atoms with Gasteiger partial charge in [-0.25, -0.2) is 9.59 Å². The van der Waals surface area contributed by atoms with Crippen LogP contribution in [0.3, 0.4) is 0 Å². The van der Waals surface area contributed by atoms with Gasteiger partial charge in [-0.1, -0.05) is 0 Å². The molecule has 1 atom stereocenters. The molecule has 0 spiro atoms. The molecule has 2 aromatic rings. The molecule has 1 aliphatic carbocycles. The van der Waals surface area contributed by atoms with Crippen LogP contribution in [0.15, 0.2) is 18.6 Å². The van der Waals surface area contributed by atoms with Crippen molar-refractivity contribution in [2.45, 2.75) is 44.2 Å². The van der Waals surface area contributed by atoms with E-state index in [4.69, 9.17) is 24.5 Å². The van der Waals surface area contributed by atoms with Crippen LogP contribution in [0.5, 0.6) is 0 Å². The molecule has 16 heteroatoms. The van der Waals surface area contributed by atoms with E-state index in [9.17, 15) is 26.3 Å². The number of aliphatic carboxylic acids is 2. The average molecular weight is 543 g/mol. The molecule has 1 unspecified atom stereocenters. The Bertz CT molecular complexity index is 1020. The van der Waals surface area contributed by atoms with Crippen LogP contribution in [0.1, 0.15) is 35.6 Å². The Hall–Kier alpha value is -3.14. The molecule has 0 radical (unpaired) electrons. The minimum absolute atomic E-state index is 0.419. The predicted octanol–water partition coefficient (Wildman–Crippen LogP) is 2.95. The second-order valence-corrected chi connectivity index (χ2v) is 8.65. The van der Waals surface area contributed by atoms with Crippen molar-refractivity contribution in [1.82, 2.24) is 24.5 Å². The number of hydrogen-bond donors (Lipinski definition) is 2. The monoisotopic (exact) mass is 543 g/mol. The van der Waals surface area contributed by atoms with Gasteiger partial charge in [0.1, 0.15) is 0 Å². The van der Waals surface area contributed by atoms with Gasteiger partial charge in [-0.3, -0.25) is 14.3 Å². The molecule has 2 aliphatic rings. The minimum atomic E-state index is -5.08. The smallest absolute Gasteiger partial charge is 0.475 e. The van der Waals surface area contributed by atoms with Crippen LogP contribution in [0.4, 0.5) is 26.3 Å². The molecule has 3 heterocycles. The first-order valence-electron chi connectivity index (χ1n) is 11.0. The number of alkyl halides is 6. The van der Waals surface area contributed by atoms with E-state index in [2.05, 4.69) is 21.3 Å². The topological polar surface area (TPSA) is 123 Å². The van der Waals surface area contributed by atoms with Crippen molar-refractivity contribution in [3.05, 3.63) is 35.4 Å². The fraction of sp³-hybridized carbons (Fsp3) is 0.619. The van der Waals surface area contributed by atoms with Crippen LogP contribution >= 0.6 is 0 Å². The van der Waals surface area contributed by atoms with E-state index >= 15 is 0 Å². The lowest BCUT2D eigenvalue weighted by Crippen LogP contribution is -2.35. The highest BCUT2D eigenvalue weighted by atomic mass is 19.4. The maximum atomic E-state index is 10.6. The van der Waals surface area contributed by atoms with E-state index in [1.165, 1.54) is 29.7 Å². The Labute approximate surface area is 207 Å². The van der Waals surface area contributed by atoms with Crippen molar-refractivity contribution in [1.29, 1.82) is 0 Å². The summed E-state index contributed by atoms with van der Waals surface area (Å²) in [6.07, 6.45) is -1.40. The normalized spacial score (nSPS) is 17.7. The van der Waals surface area contributed by atoms with Crippen LogP contribution in [-0.4, -0.2) is 78.7 Å². The van der Waals surface area contributed by atoms with E-state index in [0.29, 0.717) is 5.92 Å². The molecule has 0 saturated heterocycles. The third-order valence-electron chi connectivity index (χ3n) is 5.40. The van der Waals surface area contributed by atoms with Crippen molar-refractivity contribution in [3.8, 4) is 0 Å². The lowest BCUT2D eigenvalue weighted by atomic mass is 9.95. The molecule has 1 fully saturated rings. The molecule has 2 aromatic heterocycles. The zero-order valence-corrected chi connectivity index (χ0v) is 20.0. The van der Waals surface area contributed by atoms with Crippen LogP contribution < -0.4 is 0 Å². The van der Waals surface area contributed by atoms with E-state index in [1.54, 1.807) is 0 Å². The molecule has 1 aliphatic heterocycles. The fourth-order valence-corrected chi connectivity index (χ4v) is 3.44. The summed E-state index contributed by atoms with van der Waals surface area (Å²) < 4.78 is 73.3. The second-order valence-electron chi connectivity index (χ2n) is 8.65. The lowest BCUT2D eigenvalue weighted by Gasteiger charge is -2.32. The van der Waals surface area contributed by atoms with Gasteiger partial charge in [0.15, 0.2) is 0 Å². The third kappa shape index (κ3) is 10.0. The maximum absolute atomic E-state index is 10.6. The average Bonchev–Trinajstić information content (AvgIpc) is 3.40. The van der Waals surface area contributed by atoms with Crippen molar-refractivity contribution in [2.75, 3.05) is 19.8 Å². The first kappa shape index (κ1) is 30.1. The number of ether oxygens (including phenoxy) is 1. The molecule has 37 heavy (non-hydrogen) atoms. The van der Waals surface area contributed by atoms with E-state index in [-0.39, 0.29) is 0 Å². The van der Waals surface area contributed by atoms with Gasteiger partial charge in [0.2, 0.25) is 0 Å². The molecule has 4 rings (SSSR count). The number of carboxylic acids is 2. The molecule has 10 nitrogen and oxygen atoms in total. The van der Waals surface area contributed by atoms with Crippen LogP contribution in [0, 0.1) is 5.92 Å². The summed E-state index contributed by atoms with van der Waals surface area (Å²) >= 11 is 0. The molecular weight excluding hydrogens is 516 g/mol. The second kappa shape index (κ2) is 12.4. The largest absolute Gasteiger partial charge is 0.490 e. The highest BCUT2D eigenvalue weighted by molar-refractivity contribution is 5.73. The maximum Gasteiger partial charge on any atom is 0.490 e. The van der Waals surface area contributed by atoms with Gasteiger partial charge in [0.05, 0.1) is 24.7 Å². The molecule has 0 aromatic carbocycles. The first-order valence-corrected chi connectivity index (χ1v) is 11.0. The van der Waals surface area contributed by atoms with Gasteiger partial charge in [0, 0.05) is 63.6 Å². The van der Waals surface area contributed by atoms with Crippen LogP contribution in [0.2, 0.25) is 0 Å². The number of aromatic nitrogens is 4. The Kier molecular flexibility index (Phi) is 10.1. The summed E-state index contributed by atoms with van der Waals surface area (Å²) in [4.78, 5) is 20.3. The summed E-state index contributed by atoms with van der Waals surface area (Å²) in [5.74, 6) is -4.28. The molecule has 208 valence electrons. The van der Waals surface area contributed by atoms with Crippen molar-refractivity contribution >= 4 is 11.9 Å². The minimum Gasteiger partial charge on any atom is -0.475 e. The van der Waals surface area contributed by atoms with Gasteiger partial charge >= 0.3 is 24.3 Å². The number of carbonyl (C=O) groups is 2. The number of carboxylic acid groups (broad SMARTS) is 2. The Balaban J connectivity index is 0.000000286. The zero-order chi connectivity index (χ0) is 28.0. The van der Waals surface area contributed by atoms with Crippen molar-refractivity contribution in [2.24, 2.45) is 20.0 Å². The molecule has 2 N–H and O–H groups in total. The van der Waals surface area contributed by atoms with E-state index < -0.39 is 24.3 Å². The van der Waals surface area contributed by atoms with Gasteiger partial charge in [0.25, 0.3) is 0 Å². The quantitative estimate of drug-likeness (QED) is 0.534. The number of rotatable bonds is 6. The lowest BCUT2D eigenvalue weighted by molar-refractivity contribution is -0.193. The molecular formula is C21H27F6N5O5. The Morgan fingerprint density at radius 1 is 1.00 bits per heavy atom. The molecule has 0 bridgehead atoms. The van der Waals surface area contributed by atoms with Crippen molar-refractivity contribution in [3.63, 3.8) is 0 Å². The SMILES string of the molecule is Cn1cc(CN2Cc3c(cnn3C)C(COCC3CC3)C2)cn1.O=C(O)C(F)(F)F.O=C(O)C(F)(F)F. The highest BCUT2D eigenvalue weighted by Gasteiger charge is 2.39. The molecule has 1 saturated carbocycles. The summed E-state index contributed by atoms with van der Waals surface area (Å²) in [6.45, 7) is 4.63. The van der Waals surface area contributed by atoms with Gasteiger partial charge in [-0.15, -0.1) is 0 Å².